The summed E-state index contributed by atoms with van der Waals surface area (Å²) in [5.41, 5.74) is 1.22. The Morgan fingerprint density at radius 1 is 1.21 bits per heavy atom. The molecular formula is C14H23NO3S. The van der Waals surface area contributed by atoms with E-state index >= 15 is 0 Å². The van der Waals surface area contributed by atoms with Crippen molar-refractivity contribution in [3.63, 3.8) is 0 Å². The smallest absolute Gasteiger partial charge is 0.238 e. The Morgan fingerprint density at radius 2 is 1.74 bits per heavy atom. The lowest BCUT2D eigenvalue weighted by Crippen LogP contribution is -2.20. The summed E-state index contributed by atoms with van der Waals surface area (Å²) in [6, 6.07) is 3.38. The number of nitrogens with two attached hydrogens (primary N) is 1. The van der Waals surface area contributed by atoms with Crippen LogP contribution in [0.15, 0.2) is 17.0 Å². The van der Waals surface area contributed by atoms with Gasteiger partial charge in [-0.05, 0) is 43.9 Å². The summed E-state index contributed by atoms with van der Waals surface area (Å²) in [5.74, 6) is 0.715. The number of rotatable bonds is 3. The van der Waals surface area contributed by atoms with Crippen LogP contribution in [0.5, 0.6) is 5.75 Å². The highest BCUT2D eigenvalue weighted by Gasteiger charge is 2.24. The molecule has 108 valence electrons. The second-order valence-electron chi connectivity index (χ2n) is 6.08. The van der Waals surface area contributed by atoms with Crippen molar-refractivity contribution < 1.29 is 13.2 Å². The van der Waals surface area contributed by atoms with E-state index in [0.717, 1.165) is 5.56 Å². The molecule has 0 bridgehead atoms. The topological polar surface area (TPSA) is 69.4 Å². The van der Waals surface area contributed by atoms with E-state index < -0.39 is 10.0 Å². The predicted octanol–water partition coefficient (Wildman–Crippen LogP) is 2.73. The minimum absolute atomic E-state index is 0.0285. The van der Waals surface area contributed by atoms with E-state index in [0.29, 0.717) is 11.3 Å². The van der Waals surface area contributed by atoms with Gasteiger partial charge in [-0.1, -0.05) is 20.8 Å². The van der Waals surface area contributed by atoms with Crippen molar-refractivity contribution in [2.45, 2.75) is 58.0 Å². The SMILES string of the molecule is Cc1cc(OC(C)C)c(C(C)(C)C)cc1S(N)(=O)=O. The highest BCUT2D eigenvalue weighted by molar-refractivity contribution is 7.89. The third kappa shape index (κ3) is 3.94. The van der Waals surface area contributed by atoms with Gasteiger partial charge in [-0.15, -0.1) is 0 Å². The van der Waals surface area contributed by atoms with E-state index in [4.69, 9.17) is 9.88 Å². The summed E-state index contributed by atoms with van der Waals surface area (Å²) in [7, 11) is -3.72. The van der Waals surface area contributed by atoms with E-state index in [1.54, 1.807) is 19.1 Å². The molecular weight excluding hydrogens is 262 g/mol. The van der Waals surface area contributed by atoms with Crippen molar-refractivity contribution in [3.8, 4) is 5.75 Å². The van der Waals surface area contributed by atoms with Crippen molar-refractivity contribution in [1.82, 2.24) is 0 Å². The summed E-state index contributed by atoms with van der Waals surface area (Å²) in [6.07, 6.45) is 0.0285. The summed E-state index contributed by atoms with van der Waals surface area (Å²) in [6.45, 7) is 11.6. The quantitative estimate of drug-likeness (QED) is 0.928. The first-order chi connectivity index (χ1) is 8.43. The molecule has 4 nitrogen and oxygen atoms in total. The molecule has 0 radical (unpaired) electrons. The molecule has 0 saturated carbocycles. The number of hydrogen-bond acceptors (Lipinski definition) is 3. The zero-order chi connectivity index (χ0) is 15.0. The number of aryl methyl sites for hydroxylation is 1. The first-order valence-electron chi connectivity index (χ1n) is 6.27. The molecule has 0 heterocycles. The van der Waals surface area contributed by atoms with Crippen LogP contribution in [0.4, 0.5) is 0 Å². The normalized spacial score (nSPS) is 12.8. The molecule has 0 spiro atoms. The second kappa shape index (κ2) is 5.13. The van der Waals surface area contributed by atoms with E-state index in [1.807, 2.05) is 34.6 Å². The Labute approximate surface area is 116 Å². The van der Waals surface area contributed by atoms with Gasteiger partial charge in [0, 0.05) is 5.56 Å². The van der Waals surface area contributed by atoms with Crippen LogP contribution in [0.25, 0.3) is 0 Å². The molecule has 0 aromatic heterocycles. The van der Waals surface area contributed by atoms with Gasteiger partial charge in [-0.2, -0.15) is 0 Å². The van der Waals surface area contributed by atoms with Crippen molar-refractivity contribution in [2.24, 2.45) is 5.14 Å². The minimum atomic E-state index is -3.72. The van der Waals surface area contributed by atoms with Crippen LogP contribution in [-0.4, -0.2) is 14.5 Å². The van der Waals surface area contributed by atoms with Crippen LogP contribution in [0.2, 0.25) is 0 Å². The molecule has 0 saturated heterocycles. The molecule has 0 atom stereocenters. The summed E-state index contributed by atoms with van der Waals surface area (Å²) < 4.78 is 29.0. The third-order valence-electron chi connectivity index (χ3n) is 2.75. The average Bonchev–Trinajstić information content (AvgIpc) is 2.11. The van der Waals surface area contributed by atoms with Crippen LogP contribution in [-0.2, 0) is 15.4 Å². The zero-order valence-electron chi connectivity index (χ0n) is 12.4. The fourth-order valence-corrected chi connectivity index (χ4v) is 2.70. The molecule has 19 heavy (non-hydrogen) atoms. The lowest BCUT2D eigenvalue weighted by Gasteiger charge is -2.25. The molecule has 5 heteroatoms. The molecule has 0 aliphatic carbocycles. The largest absolute Gasteiger partial charge is 0.491 e. The lowest BCUT2D eigenvalue weighted by atomic mass is 9.86. The van der Waals surface area contributed by atoms with Crippen LogP contribution >= 0.6 is 0 Å². The van der Waals surface area contributed by atoms with E-state index in [1.165, 1.54) is 0 Å². The van der Waals surface area contributed by atoms with E-state index in [-0.39, 0.29) is 16.4 Å². The number of sulfonamides is 1. The summed E-state index contributed by atoms with van der Waals surface area (Å²) >= 11 is 0. The van der Waals surface area contributed by atoms with Gasteiger partial charge in [0.15, 0.2) is 0 Å². The molecule has 0 unspecified atom stereocenters. The molecule has 1 aromatic rings. The highest BCUT2D eigenvalue weighted by Crippen LogP contribution is 2.35. The van der Waals surface area contributed by atoms with Crippen LogP contribution < -0.4 is 9.88 Å². The van der Waals surface area contributed by atoms with Crippen molar-refractivity contribution in [1.29, 1.82) is 0 Å². The monoisotopic (exact) mass is 285 g/mol. The molecule has 0 fully saturated rings. The molecule has 1 rings (SSSR count). The van der Waals surface area contributed by atoms with E-state index in [9.17, 15) is 8.42 Å². The first-order valence-corrected chi connectivity index (χ1v) is 7.82. The average molecular weight is 285 g/mol. The summed E-state index contributed by atoms with van der Waals surface area (Å²) in [4.78, 5) is 0.161. The van der Waals surface area contributed by atoms with E-state index in [2.05, 4.69) is 0 Å². The van der Waals surface area contributed by atoms with Gasteiger partial charge >= 0.3 is 0 Å². The number of hydrogen-bond donors (Lipinski definition) is 1. The number of ether oxygens (including phenoxy) is 1. The standard InChI is InChI=1S/C14H23NO3S/c1-9(2)18-12-7-10(3)13(19(15,16)17)8-11(12)14(4,5)6/h7-9H,1-6H3,(H2,15,16,17). The summed E-state index contributed by atoms with van der Waals surface area (Å²) in [5, 5.41) is 5.25. The highest BCUT2D eigenvalue weighted by atomic mass is 32.2. The Hall–Kier alpha value is -1.07. The Bertz CT molecular complexity index is 569. The van der Waals surface area contributed by atoms with Crippen molar-refractivity contribution >= 4 is 10.0 Å². The fourth-order valence-electron chi connectivity index (χ4n) is 1.91. The second-order valence-corrected chi connectivity index (χ2v) is 7.61. The van der Waals surface area contributed by atoms with Gasteiger partial charge in [0.05, 0.1) is 11.0 Å². The van der Waals surface area contributed by atoms with Gasteiger partial charge in [0.1, 0.15) is 5.75 Å². The Morgan fingerprint density at radius 3 is 2.11 bits per heavy atom. The first kappa shape index (κ1) is 16.0. The van der Waals surface area contributed by atoms with Crippen molar-refractivity contribution in [2.75, 3.05) is 0 Å². The molecule has 2 N–H and O–H groups in total. The predicted molar refractivity (Wildman–Crippen MR) is 77.0 cm³/mol. The number of benzene rings is 1. The van der Waals surface area contributed by atoms with Gasteiger partial charge in [-0.25, -0.2) is 13.6 Å². The Balaban J connectivity index is 3.55. The molecule has 0 aliphatic heterocycles. The number of primary sulfonamides is 1. The maximum absolute atomic E-state index is 11.6. The lowest BCUT2D eigenvalue weighted by molar-refractivity contribution is 0.236. The molecule has 1 aromatic carbocycles. The van der Waals surface area contributed by atoms with Gasteiger partial charge in [-0.3, -0.25) is 0 Å². The van der Waals surface area contributed by atoms with Crippen LogP contribution in [0.3, 0.4) is 0 Å². The molecule has 0 aliphatic rings. The maximum atomic E-state index is 11.6. The van der Waals surface area contributed by atoms with Gasteiger partial charge in [0.25, 0.3) is 0 Å². The van der Waals surface area contributed by atoms with Crippen LogP contribution in [0, 0.1) is 6.92 Å². The van der Waals surface area contributed by atoms with Crippen molar-refractivity contribution in [3.05, 3.63) is 23.3 Å². The fraction of sp³-hybridized carbons (Fsp3) is 0.571. The Kier molecular flexibility index (Phi) is 4.32. The maximum Gasteiger partial charge on any atom is 0.238 e. The van der Waals surface area contributed by atoms with Gasteiger partial charge in [0.2, 0.25) is 10.0 Å². The zero-order valence-corrected chi connectivity index (χ0v) is 13.3. The third-order valence-corrected chi connectivity index (χ3v) is 3.81. The van der Waals surface area contributed by atoms with Gasteiger partial charge < -0.3 is 4.74 Å². The minimum Gasteiger partial charge on any atom is -0.491 e. The molecule has 0 amide bonds. The van der Waals surface area contributed by atoms with Crippen LogP contribution in [0.1, 0.15) is 45.7 Å².